The maximum atomic E-state index is 5.83. The number of nitrogens with zero attached hydrogens (tertiary/aromatic N) is 3. The minimum Gasteiger partial charge on any atom is -0.437 e. The van der Waals surface area contributed by atoms with Crippen LogP contribution >= 0.6 is 0 Å². The summed E-state index contributed by atoms with van der Waals surface area (Å²) in [4.78, 5) is 4.27. The van der Waals surface area contributed by atoms with E-state index in [1.54, 1.807) is 16.9 Å². The maximum absolute atomic E-state index is 5.83. The minimum absolute atomic E-state index is 0.555. The molecule has 2 N–H and O–H groups in total. The normalized spacial score (nSPS) is 10.9. The van der Waals surface area contributed by atoms with Crippen molar-refractivity contribution in [2.24, 2.45) is 5.73 Å². The Morgan fingerprint density at radius 1 is 1.25 bits per heavy atom. The molecule has 0 saturated carbocycles. The van der Waals surface area contributed by atoms with Crippen LogP contribution in [0.3, 0.4) is 0 Å². The van der Waals surface area contributed by atoms with Crippen molar-refractivity contribution in [2.75, 3.05) is 6.54 Å². The highest BCUT2D eigenvalue weighted by Gasteiger charge is 2.07. The average molecular weight is 268 g/mol. The third-order valence-corrected chi connectivity index (χ3v) is 3.05. The number of hydrogen-bond donors (Lipinski definition) is 1. The topological polar surface area (TPSA) is 65.4 Å². The van der Waals surface area contributed by atoms with Gasteiger partial charge in [-0.3, -0.25) is 0 Å². The van der Waals surface area contributed by atoms with Crippen molar-refractivity contribution in [1.82, 2.24) is 14.6 Å². The highest BCUT2D eigenvalue weighted by atomic mass is 16.5. The summed E-state index contributed by atoms with van der Waals surface area (Å²) in [6, 6.07) is 9.85. The zero-order valence-electron chi connectivity index (χ0n) is 11.3. The first-order chi connectivity index (χ1) is 9.76. The molecule has 0 radical (unpaired) electrons. The first-order valence-corrected chi connectivity index (χ1v) is 6.54. The molecule has 5 heteroatoms. The molecule has 3 rings (SSSR count). The molecule has 0 fully saturated rings. The van der Waals surface area contributed by atoms with Gasteiger partial charge in [0.2, 0.25) is 5.88 Å². The minimum atomic E-state index is 0.555. The van der Waals surface area contributed by atoms with E-state index in [1.165, 1.54) is 5.56 Å². The van der Waals surface area contributed by atoms with Gasteiger partial charge >= 0.3 is 0 Å². The fraction of sp³-hybridized carbons (Fsp3) is 0.200. The van der Waals surface area contributed by atoms with Crippen molar-refractivity contribution in [3.63, 3.8) is 0 Å². The first kappa shape index (κ1) is 12.6. The van der Waals surface area contributed by atoms with Gasteiger partial charge in [-0.05, 0) is 43.7 Å². The Kier molecular flexibility index (Phi) is 3.35. The molecule has 20 heavy (non-hydrogen) atoms. The zero-order chi connectivity index (χ0) is 13.9. The second-order valence-electron chi connectivity index (χ2n) is 4.63. The summed E-state index contributed by atoms with van der Waals surface area (Å²) in [6.45, 7) is 2.59. The molecule has 2 heterocycles. The van der Waals surface area contributed by atoms with E-state index in [0.29, 0.717) is 12.4 Å². The van der Waals surface area contributed by atoms with Gasteiger partial charge in [-0.25, -0.2) is 9.50 Å². The van der Waals surface area contributed by atoms with Crippen LogP contribution in [-0.4, -0.2) is 21.1 Å². The highest BCUT2D eigenvalue weighted by molar-refractivity contribution is 5.57. The van der Waals surface area contributed by atoms with Crippen LogP contribution in [0.25, 0.3) is 5.52 Å². The number of ether oxygens (including phenoxy) is 1. The van der Waals surface area contributed by atoms with Gasteiger partial charge in [0.15, 0.2) is 0 Å². The fourth-order valence-corrected chi connectivity index (χ4v) is 2.10. The summed E-state index contributed by atoms with van der Waals surface area (Å²) in [6.07, 6.45) is 4.35. The molecule has 0 unspecified atom stereocenters. The number of nitrogens with two attached hydrogens (primary N) is 1. The monoisotopic (exact) mass is 268 g/mol. The van der Waals surface area contributed by atoms with Crippen LogP contribution < -0.4 is 10.5 Å². The average Bonchev–Trinajstić information content (AvgIpc) is 2.83. The molecule has 5 nitrogen and oxygen atoms in total. The van der Waals surface area contributed by atoms with Crippen LogP contribution in [0, 0.1) is 6.92 Å². The van der Waals surface area contributed by atoms with Gasteiger partial charge in [0.1, 0.15) is 11.3 Å². The number of hydrogen-bond acceptors (Lipinski definition) is 4. The molecule has 0 atom stereocenters. The maximum Gasteiger partial charge on any atom is 0.245 e. The molecule has 0 aliphatic carbocycles. The van der Waals surface area contributed by atoms with Crippen LogP contribution in [0.5, 0.6) is 11.6 Å². The van der Waals surface area contributed by atoms with Crippen LogP contribution in [0.15, 0.2) is 42.7 Å². The zero-order valence-corrected chi connectivity index (χ0v) is 11.3. The Bertz CT molecular complexity index is 718. The van der Waals surface area contributed by atoms with Crippen molar-refractivity contribution in [2.45, 2.75) is 13.3 Å². The van der Waals surface area contributed by atoms with Crippen molar-refractivity contribution < 1.29 is 4.74 Å². The molecule has 0 aliphatic heterocycles. The van der Waals surface area contributed by atoms with Gasteiger partial charge in [0.05, 0.1) is 5.69 Å². The molecule has 1 aromatic carbocycles. The summed E-state index contributed by atoms with van der Waals surface area (Å²) in [5, 5.41) is 4.34. The molecular formula is C15H16N4O. The number of aromatic nitrogens is 3. The number of fused-ring (bicyclic) bond motifs is 1. The second-order valence-corrected chi connectivity index (χ2v) is 4.63. The van der Waals surface area contributed by atoms with Crippen molar-refractivity contribution >= 4 is 5.52 Å². The van der Waals surface area contributed by atoms with Gasteiger partial charge in [-0.15, -0.1) is 0 Å². The second kappa shape index (κ2) is 5.30. The van der Waals surface area contributed by atoms with E-state index in [0.717, 1.165) is 23.4 Å². The SMILES string of the molecule is Cc1cc2c(Oc3ccc(CCN)cc3)nccn2n1. The predicted molar refractivity (Wildman–Crippen MR) is 77.0 cm³/mol. The van der Waals surface area contributed by atoms with Crippen LogP contribution in [0.2, 0.25) is 0 Å². The van der Waals surface area contributed by atoms with Crippen molar-refractivity contribution in [3.8, 4) is 11.6 Å². The number of benzene rings is 1. The summed E-state index contributed by atoms with van der Waals surface area (Å²) in [7, 11) is 0. The molecule has 0 bridgehead atoms. The Labute approximate surface area is 117 Å². The molecule has 0 spiro atoms. The lowest BCUT2D eigenvalue weighted by Crippen LogP contribution is -2.02. The van der Waals surface area contributed by atoms with E-state index in [9.17, 15) is 0 Å². The largest absolute Gasteiger partial charge is 0.437 e. The quantitative estimate of drug-likeness (QED) is 0.788. The van der Waals surface area contributed by atoms with E-state index in [-0.39, 0.29) is 0 Å². The predicted octanol–water partition coefficient (Wildman–Crippen LogP) is 2.33. The fourth-order valence-electron chi connectivity index (χ4n) is 2.10. The molecule has 0 amide bonds. The molecule has 2 aromatic heterocycles. The lowest BCUT2D eigenvalue weighted by atomic mass is 10.1. The number of rotatable bonds is 4. The van der Waals surface area contributed by atoms with E-state index < -0.39 is 0 Å². The lowest BCUT2D eigenvalue weighted by Gasteiger charge is -2.06. The Morgan fingerprint density at radius 2 is 2.05 bits per heavy atom. The van der Waals surface area contributed by atoms with Crippen LogP contribution in [0.1, 0.15) is 11.3 Å². The van der Waals surface area contributed by atoms with Crippen LogP contribution in [-0.2, 0) is 6.42 Å². The third-order valence-electron chi connectivity index (χ3n) is 3.05. The molecule has 102 valence electrons. The van der Waals surface area contributed by atoms with E-state index >= 15 is 0 Å². The van der Waals surface area contributed by atoms with Crippen molar-refractivity contribution in [3.05, 3.63) is 54.0 Å². The van der Waals surface area contributed by atoms with Crippen molar-refractivity contribution in [1.29, 1.82) is 0 Å². The van der Waals surface area contributed by atoms with E-state index in [1.807, 2.05) is 37.3 Å². The summed E-state index contributed by atoms with van der Waals surface area (Å²) >= 11 is 0. The standard InChI is InChI=1S/C15H16N4O/c1-11-10-14-15(17-8-9-19(14)18-11)20-13-4-2-12(3-5-13)6-7-16/h2-5,8-10H,6-7,16H2,1H3. The van der Waals surface area contributed by atoms with E-state index in [2.05, 4.69) is 10.1 Å². The first-order valence-electron chi connectivity index (χ1n) is 6.54. The van der Waals surface area contributed by atoms with Gasteiger partial charge in [-0.1, -0.05) is 12.1 Å². The van der Waals surface area contributed by atoms with Gasteiger partial charge in [0, 0.05) is 12.4 Å². The van der Waals surface area contributed by atoms with Gasteiger partial charge < -0.3 is 10.5 Å². The third kappa shape index (κ3) is 2.48. The smallest absolute Gasteiger partial charge is 0.245 e. The van der Waals surface area contributed by atoms with E-state index in [4.69, 9.17) is 10.5 Å². The summed E-state index contributed by atoms with van der Waals surface area (Å²) in [5.74, 6) is 1.31. The summed E-state index contributed by atoms with van der Waals surface area (Å²) < 4.78 is 7.60. The lowest BCUT2D eigenvalue weighted by molar-refractivity contribution is 0.465. The molecule has 3 aromatic rings. The Hall–Kier alpha value is -2.40. The highest BCUT2D eigenvalue weighted by Crippen LogP contribution is 2.24. The molecular weight excluding hydrogens is 252 g/mol. The molecule has 0 aliphatic rings. The van der Waals surface area contributed by atoms with Gasteiger partial charge in [-0.2, -0.15) is 5.10 Å². The molecule has 0 saturated heterocycles. The Balaban J connectivity index is 1.88. The van der Waals surface area contributed by atoms with Gasteiger partial charge in [0.25, 0.3) is 0 Å². The number of aryl methyl sites for hydroxylation is 1. The Morgan fingerprint density at radius 3 is 2.80 bits per heavy atom. The van der Waals surface area contributed by atoms with Crippen LogP contribution in [0.4, 0.5) is 0 Å². The summed E-state index contributed by atoms with van der Waals surface area (Å²) in [5.41, 5.74) is 8.53.